The maximum atomic E-state index is 13.7. The van der Waals surface area contributed by atoms with E-state index >= 15 is 0 Å². The Labute approximate surface area is 135 Å². The number of alkyl halides is 3. The van der Waals surface area contributed by atoms with Gasteiger partial charge in [0.25, 0.3) is 0 Å². The molecule has 9 heteroatoms. The van der Waals surface area contributed by atoms with E-state index in [0.29, 0.717) is 38.3 Å². The number of fused-ring (bicyclic) bond motifs is 1. The first kappa shape index (κ1) is 16.4. The number of hydrogen-bond donors (Lipinski definition) is 0. The number of carbonyl (C=O) groups excluding carboxylic acids is 1. The third kappa shape index (κ3) is 3.09. The molecule has 5 nitrogen and oxygen atoms in total. The van der Waals surface area contributed by atoms with E-state index in [2.05, 4.69) is 6.19 Å². The minimum Gasteiger partial charge on any atom is -0.407 e. The molecule has 2 saturated heterocycles. The van der Waals surface area contributed by atoms with Crippen molar-refractivity contribution in [2.75, 3.05) is 26.2 Å². The van der Waals surface area contributed by atoms with E-state index in [-0.39, 0.29) is 11.8 Å². The average molecular weight is 343 g/mol. The summed E-state index contributed by atoms with van der Waals surface area (Å²) in [6, 6.07) is 1.76. The lowest BCUT2D eigenvalue weighted by Crippen LogP contribution is -2.34. The number of nitriles is 1. The van der Waals surface area contributed by atoms with Crippen molar-refractivity contribution in [2.45, 2.75) is 6.18 Å². The summed E-state index contributed by atoms with van der Waals surface area (Å²) in [6.45, 7) is 1.87. The highest BCUT2D eigenvalue weighted by atomic mass is 19.4. The Hall–Kier alpha value is -2.50. The molecule has 1 aromatic carbocycles. The fraction of sp³-hybridized carbons (Fsp3) is 0.467. The van der Waals surface area contributed by atoms with Crippen LogP contribution in [0.4, 0.5) is 22.4 Å². The minimum absolute atomic E-state index is 0.148. The molecule has 1 aromatic rings. The van der Waals surface area contributed by atoms with E-state index in [1.807, 2.05) is 0 Å². The summed E-state index contributed by atoms with van der Waals surface area (Å²) >= 11 is 0. The standard InChI is InChI=1S/C15H13F4N3O2/c16-12-3-11(15(17,18)19)1-2-13(12)24-14(23)22-6-9-4-21(8-20)5-10(9)7-22/h1-3,9-10H,4-7H2/t9-,10?/m1/s1. The van der Waals surface area contributed by atoms with Gasteiger partial charge in [0.15, 0.2) is 17.8 Å². The molecule has 1 unspecified atom stereocenters. The Morgan fingerprint density at radius 2 is 1.83 bits per heavy atom. The second-order valence-corrected chi connectivity index (χ2v) is 5.94. The van der Waals surface area contributed by atoms with E-state index in [1.54, 1.807) is 4.90 Å². The van der Waals surface area contributed by atoms with Gasteiger partial charge in [-0.1, -0.05) is 0 Å². The zero-order valence-electron chi connectivity index (χ0n) is 12.4. The van der Waals surface area contributed by atoms with Crippen LogP contribution in [0.3, 0.4) is 0 Å². The molecule has 24 heavy (non-hydrogen) atoms. The highest BCUT2D eigenvalue weighted by Crippen LogP contribution is 2.33. The van der Waals surface area contributed by atoms with Gasteiger partial charge in [0.1, 0.15) is 0 Å². The first-order valence-electron chi connectivity index (χ1n) is 7.26. The SMILES string of the molecule is N#CN1CC2CN(C(=O)Oc3ccc(C(F)(F)F)cc3F)C[C@H]2C1. The molecular formula is C15H13F4N3O2. The van der Waals surface area contributed by atoms with Gasteiger partial charge in [-0.05, 0) is 18.2 Å². The summed E-state index contributed by atoms with van der Waals surface area (Å²) in [7, 11) is 0. The first-order valence-corrected chi connectivity index (χ1v) is 7.26. The van der Waals surface area contributed by atoms with E-state index in [1.165, 1.54) is 4.90 Å². The molecule has 2 aliphatic heterocycles. The van der Waals surface area contributed by atoms with Crippen LogP contribution in [0.1, 0.15) is 5.56 Å². The predicted molar refractivity (Wildman–Crippen MR) is 73.2 cm³/mol. The lowest BCUT2D eigenvalue weighted by Gasteiger charge is -2.19. The van der Waals surface area contributed by atoms with Gasteiger partial charge in [-0.25, -0.2) is 9.18 Å². The average Bonchev–Trinajstić information content (AvgIpc) is 3.06. The summed E-state index contributed by atoms with van der Waals surface area (Å²) in [5.74, 6) is -1.48. The van der Waals surface area contributed by atoms with Crippen molar-refractivity contribution in [3.8, 4) is 11.9 Å². The van der Waals surface area contributed by atoms with Crippen LogP contribution < -0.4 is 4.74 Å². The summed E-state index contributed by atoms with van der Waals surface area (Å²) < 4.78 is 56.1. The Morgan fingerprint density at radius 1 is 1.21 bits per heavy atom. The molecule has 0 bridgehead atoms. The summed E-state index contributed by atoms with van der Waals surface area (Å²) in [5, 5.41) is 8.85. The van der Waals surface area contributed by atoms with Gasteiger partial charge >= 0.3 is 12.3 Å². The number of halogens is 4. The second kappa shape index (κ2) is 5.85. The fourth-order valence-electron chi connectivity index (χ4n) is 3.14. The Kier molecular flexibility index (Phi) is 3.99. The quantitative estimate of drug-likeness (QED) is 0.581. The van der Waals surface area contributed by atoms with Crippen LogP contribution in [0, 0.1) is 29.1 Å². The van der Waals surface area contributed by atoms with Crippen molar-refractivity contribution < 1.29 is 27.1 Å². The van der Waals surface area contributed by atoms with Crippen LogP contribution in [-0.4, -0.2) is 42.1 Å². The summed E-state index contributed by atoms with van der Waals surface area (Å²) in [4.78, 5) is 15.1. The maximum absolute atomic E-state index is 13.7. The third-order valence-corrected chi connectivity index (χ3v) is 4.34. The summed E-state index contributed by atoms with van der Waals surface area (Å²) in [6.07, 6.45) is -3.41. The van der Waals surface area contributed by atoms with Gasteiger partial charge in [0, 0.05) is 38.0 Å². The van der Waals surface area contributed by atoms with Crippen LogP contribution in [-0.2, 0) is 6.18 Å². The monoisotopic (exact) mass is 343 g/mol. The number of hydrogen-bond acceptors (Lipinski definition) is 4. The van der Waals surface area contributed by atoms with Crippen molar-refractivity contribution in [3.05, 3.63) is 29.6 Å². The number of amides is 1. The number of benzene rings is 1. The number of rotatable bonds is 1. The molecule has 0 radical (unpaired) electrons. The molecule has 2 atom stereocenters. The molecule has 3 rings (SSSR count). The number of likely N-dealkylation sites (tertiary alicyclic amines) is 2. The van der Waals surface area contributed by atoms with Crippen molar-refractivity contribution in [2.24, 2.45) is 11.8 Å². The van der Waals surface area contributed by atoms with Crippen LogP contribution in [0.15, 0.2) is 18.2 Å². The normalized spacial score (nSPS) is 23.1. The molecule has 0 N–H and O–H groups in total. The Balaban J connectivity index is 1.63. The smallest absolute Gasteiger partial charge is 0.407 e. The van der Waals surface area contributed by atoms with Gasteiger partial charge in [-0.15, -0.1) is 0 Å². The van der Waals surface area contributed by atoms with Crippen LogP contribution in [0.25, 0.3) is 0 Å². The number of carbonyl (C=O) groups is 1. The molecule has 0 spiro atoms. The van der Waals surface area contributed by atoms with Crippen molar-refractivity contribution >= 4 is 6.09 Å². The lowest BCUT2D eigenvalue weighted by molar-refractivity contribution is -0.137. The molecule has 1 amide bonds. The Bertz CT molecular complexity index is 687. The molecule has 0 aliphatic carbocycles. The van der Waals surface area contributed by atoms with Crippen molar-refractivity contribution in [1.82, 2.24) is 9.80 Å². The third-order valence-electron chi connectivity index (χ3n) is 4.34. The molecule has 128 valence electrons. The number of nitrogens with zero attached hydrogens (tertiary/aromatic N) is 3. The summed E-state index contributed by atoms with van der Waals surface area (Å²) in [5.41, 5.74) is -1.15. The van der Waals surface area contributed by atoms with Gasteiger partial charge in [0.05, 0.1) is 5.56 Å². The maximum Gasteiger partial charge on any atom is 0.416 e. The first-order chi connectivity index (χ1) is 11.3. The molecule has 2 heterocycles. The van der Waals surface area contributed by atoms with Crippen LogP contribution >= 0.6 is 0 Å². The van der Waals surface area contributed by atoms with E-state index in [9.17, 15) is 22.4 Å². The Morgan fingerprint density at radius 3 is 2.33 bits per heavy atom. The largest absolute Gasteiger partial charge is 0.416 e. The lowest BCUT2D eigenvalue weighted by atomic mass is 10.0. The van der Waals surface area contributed by atoms with Gasteiger partial charge in [0.2, 0.25) is 0 Å². The van der Waals surface area contributed by atoms with E-state index in [4.69, 9.17) is 10.00 Å². The van der Waals surface area contributed by atoms with E-state index in [0.717, 1.165) is 6.07 Å². The topological polar surface area (TPSA) is 56.6 Å². The fourth-order valence-corrected chi connectivity index (χ4v) is 3.14. The predicted octanol–water partition coefficient (Wildman–Crippen LogP) is 2.69. The van der Waals surface area contributed by atoms with Gasteiger partial charge in [-0.2, -0.15) is 18.4 Å². The molecule has 2 fully saturated rings. The molecule has 0 aromatic heterocycles. The highest BCUT2D eigenvalue weighted by molar-refractivity contribution is 5.71. The van der Waals surface area contributed by atoms with Crippen LogP contribution in [0.5, 0.6) is 5.75 Å². The molecule has 0 saturated carbocycles. The van der Waals surface area contributed by atoms with Crippen LogP contribution in [0.2, 0.25) is 0 Å². The van der Waals surface area contributed by atoms with Gasteiger partial charge < -0.3 is 14.5 Å². The second-order valence-electron chi connectivity index (χ2n) is 5.94. The minimum atomic E-state index is -4.66. The molecular weight excluding hydrogens is 330 g/mol. The molecule has 2 aliphatic rings. The van der Waals surface area contributed by atoms with Crippen molar-refractivity contribution in [1.29, 1.82) is 5.26 Å². The highest BCUT2D eigenvalue weighted by Gasteiger charge is 2.42. The zero-order chi connectivity index (χ0) is 17.5. The van der Waals surface area contributed by atoms with Gasteiger partial charge in [-0.3, -0.25) is 0 Å². The van der Waals surface area contributed by atoms with E-state index < -0.39 is 29.4 Å². The van der Waals surface area contributed by atoms with Crippen molar-refractivity contribution in [3.63, 3.8) is 0 Å². The zero-order valence-corrected chi connectivity index (χ0v) is 12.4. The number of ether oxygens (including phenoxy) is 1.